The number of hydrogen-bond acceptors (Lipinski definition) is 5. The number of primary amides is 1. The van der Waals surface area contributed by atoms with Crippen LogP contribution in [-0.4, -0.2) is 34.5 Å². The monoisotopic (exact) mass is 286 g/mol. The van der Waals surface area contributed by atoms with Crippen molar-refractivity contribution in [3.63, 3.8) is 0 Å². The number of anilines is 2. The lowest BCUT2D eigenvalue weighted by molar-refractivity contribution is -0.116. The Labute approximate surface area is 112 Å². The first-order chi connectivity index (χ1) is 8.81. The fraction of sp³-hybridized carbons (Fsp3) is 0.364. The zero-order valence-electron chi connectivity index (χ0n) is 10.9. The van der Waals surface area contributed by atoms with Crippen LogP contribution in [-0.2, 0) is 14.8 Å². The molecule has 5 N–H and O–H groups in total. The fourth-order valence-corrected chi connectivity index (χ4v) is 2.43. The van der Waals surface area contributed by atoms with Crippen LogP contribution >= 0.6 is 0 Å². The highest BCUT2D eigenvalue weighted by Crippen LogP contribution is 2.25. The molecular formula is C11H18N4O3S. The largest absolute Gasteiger partial charge is 0.397 e. The van der Waals surface area contributed by atoms with Crippen LogP contribution in [0.5, 0.6) is 0 Å². The molecule has 0 aliphatic rings. The molecule has 8 heteroatoms. The van der Waals surface area contributed by atoms with Gasteiger partial charge < -0.3 is 16.4 Å². The molecule has 0 spiro atoms. The second-order valence-corrected chi connectivity index (χ2v) is 5.80. The average molecular weight is 286 g/mol. The molecule has 1 aromatic carbocycles. The molecule has 0 unspecified atom stereocenters. The van der Waals surface area contributed by atoms with Crippen molar-refractivity contribution in [3.8, 4) is 0 Å². The Hall–Kier alpha value is -1.80. The van der Waals surface area contributed by atoms with Crippen LogP contribution in [0.2, 0.25) is 0 Å². The number of nitrogens with zero attached hydrogens (tertiary/aromatic N) is 1. The molecule has 0 fully saturated rings. The lowest BCUT2D eigenvalue weighted by Crippen LogP contribution is -2.34. The summed E-state index contributed by atoms with van der Waals surface area (Å²) in [5.74, 6) is -0.479. The first kappa shape index (κ1) is 15.3. The normalized spacial score (nSPS) is 11.3. The molecule has 0 radical (unpaired) electrons. The molecule has 0 bridgehead atoms. The summed E-state index contributed by atoms with van der Waals surface area (Å²) in [6, 6.07) is 4.35. The van der Waals surface area contributed by atoms with Gasteiger partial charge in [0.1, 0.15) is 0 Å². The van der Waals surface area contributed by atoms with E-state index in [9.17, 15) is 13.2 Å². The van der Waals surface area contributed by atoms with Crippen LogP contribution < -0.4 is 21.1 Å². The lowest BCUT2D eigenvalue weighted by Gasteiger charge is -2.23. The molecule has 0 aliphatic carbocycles. The number of likely N-dealkylation sites (N-methyl/N-ethyl adjacent to an activating group) is 1. The standard InChI is InChI=1S/C11H18N4O3S/c1-3-15(7-11(13)16)10-5-4-8(6-9(10)12)19(17,18)14-2/h4-6,14H,3,7,12H2,1-2H3,(H2,13,16). The first-order valence-corrected chi connectivity index (χ1v) is 7.16. The van der Waals surface area contributed by atoms with Crippen molar-refractivity contribution in [1.82, 2.24) is 4.72 Å². The number of nitrogens with two attached hydrogens (primary N) is 2. The van der Waals surface area contributed by atoms with Crippen molar-refractivity contribution in [2.45, 2.75) is 11.8 Å². The minimum Gasteiger partial charge on any atom is -0.397 e. The Balaban J connectivity index is 3.16. The van der Waals surface area contributed by atoms with E-state index < -0.39 is 15.9 Å². The number of nitrogen functional groups attached to an aromatic ring is 1. The number of sulfonamides is 1. The zero-order chi connectivity index (χ0) is 14.6. The maximum Gasteiger partial charge on any atom is 0.240 e. The summed E-state index contributed by atoms with van der Waals surface area (Å²) in [7, 11) is -2.21. The minimum absolute atomic E-state index is 0.0266. The Morgan fingerprint density at radius 1 is 1.42 bits per heavy atom. The van der Waals surface area contributed by atoms with Gasteiger partial charge in [0.05, 0.1) is 22.8 Å². The number of amides is 1. The van der Waals surface area contributed by atoms with Gasteiger partial charge in [0.15, 0.2) is 0 Å². The number of carbonyl (C=O) groups is 1. The molecule has 7 nitrogen and oxygen atoms in total. The highest BCUT2D eigenvalue weighted by atomic mass is 32.2. The Morgan fingerprint density at radius 3 is 2.47 bits per heavy atom. The van der Waals surface area contributed by atoms with E-state index in [0.717, 1.165) is 0 Å². The second kappa shape index (κ2) is 5.89. The first-order valence-electron chi connectivity index (χ1n) is 5.68. The second-order valence-electron chi connectivity index (χ2n) is 3.91. The molecule has 1 rings (SSSR count). The molecule has 0 saturated heterocycles. The Bertz CT molecular complexity index is 571. The summed E-state index contributed by atoms with van der Waals surface area (Å²) in [5, 5.41) is 0. The smallest absolute Gasteiger partial charge is 0.240 e. The van der Waals surface area contributed by atoms with Crippen LogP contribution in [0.1, 0.15) is 6.92 Å². The van der Waals surface area contributed by atoms with Gasteiger partial charge in [-0.3, -0.25) is 4.79 Å². The topological polar surface area (TPSA) is 119 Å². The molecule has 0 saturated carbocycles. The Kier molecular flexibility index (Phi) is 4.73. The van der Waals surface area contributed by atoms with E-state index in [4.69, 9.17) is 11.5 Å². The van der Waals surface area contributed by atoms with Crippen LogP contribution in [0, 0.1) is 0 Å². The summed E-state index contributed by atoms with van der Waals surface area (Å²) in [6.45, 7) is 2.41. The van der Waals surface area contributed by atoms with E-state index >= 15 is 0 Å². The van der Waals surface area contributed by atoms with Gasteiger partial charge in [0.2, 0.25) is 15.9 Å². The van der Waals surface area contributed by atoms with E-state index in [1.165, 1.54) is 19.2 Å². The third kappa shape index (κ3) is 3.58. The number of hydrogen-bond donors (Lipinski definition) is 3. The molecular weight excluding hydrogens is 268 g/mol. The predicted octanol–water partition coefficient (Wildman–Crippen LogP) is -0.511. The maximum atomic E-state index is 11.6. The third-order valence-corrected chi connectivity index (χ3v) is 4.06. The number of carbonyl (C=O) groups excluding carboxylic acids is 1. The summed E-state index contributed by atoms with van der Waals surface area (Å²) >= 11 is 0. The summed E-state index contributed by atoms with van der Waals surface area (Å²) in [6.07, 6.45) is 0. The highest BCUT2D eigenvalue weighted by molar-refractivity contribution is 7.89. The van der Waals surface area contributed by atoms with Gasteiger partial charge in [0.25, 0.3) is 0 Å². The SMILES string of the molecule is CCN(CC(N)=O)c1ccc(S(=O)(=O)NC)cc1N. The van der Waals surface area contributed by atoms with Crippen LogP contribution in [0.3, 0.4) is 0 Å². The molecule has 0 aliphatic heterocycles. The van der Waals surface area contributed by atoms with E-state index in [1.54, 1.807) is 11.0 Å². The molecule has 19 heavy (non-hydrogen) atoms. The zero-order valence-corrected chi connectivity index (χ0v) is 11.7. The van der Waals surface area contributed by atoms with Gasteiger partial charge in [-0.15, -0.1) is 0 Å². The molecule has 1 amide bonds. The van der Waals surface area contributed by atoms with E-state index in [2.05, 4.69) is 4.72 Å². The lowest BCUT2D eigenvalue weighted by atomic mass is 10.2. The predicted molar refractivity (Wildman–Crippen MR) is 74.2 cm³/mol. The van der Waals surface area contributed by atoms with E-state index in [0.29, 0.717) is 12.2 Å². The van der Waals surface area contributed by atoms with Crippen LogP contribution in [0.4, 0.5) is 11.4 Å². The van der Waals surface area contributed by atoms with Crippen molar-refractivity contribution in [1.29, 1.82) is 0 Å². The molecule has 0 heterocycles. The van der Waals surface area contributed by atoms with Crippen LogP contribution in [0.15, 0.2) is 23.1 Å². The number of benzene rings is 1. The summed E-state index contributed by atoms with van der Waals surface area (Å²) in [5.41, 5.74) is 11.8. The summed E-state index contributed by atoms with van der Waals surface area (Å²) in [4.78, 5) is 12.7. The number of nitrogens with one attached hydrogen (secondary N) is 1. The van der Waals surface area contributed by atoms with Crippen molar-refractivity contribution in [2.75, 3.05) is 30.8 Å². The third-order valence-electron chi connectivity index (χ3n) is 2.65. The van der Waals surface area contributed by atoms with Crippen molar-refractivity contribution < 1.29 is 13.2 Å². The van der Waals surface area contributed by atoms with Crippen molar-refractivity contribution in [2.24, 2.45) is 5.73 Å². The van der Waals surface area contributed by atoms with Crippen LogP contribution in [0.25, 0.3) is 0 Å². The van der Waals surface area contributed by atoms with Gasteiger partial charge >= 0.3 is 0 Å². The molecule has 0 atom stereocenters. The molecule has 0 aromatic heterocycles. The minimum atomic E-state index is -3.53. The maximum absolute atomic E-state index is 11.6. The fourth-order valence-electron chi connectivity index (χ4n) is 1.66. The quantitative estimate of drug-likeness (QED) is 0.608. The molecule has 106 valence electrons. The summed E-state index contributed by atoms with van der Waals surface area (Å²) < 4.78 is 25.5. The number of rotatable bonds is 6. The van der Waals surface area contributed by atoms with Gasteiger partial charge in [-0.1, -0.05) is 0 Å². The van der Waals surface area contributed by atoms with Gasteiger partial charge in [-0.2, -0.15) is 0 Å². The van der Waals surface area contributed by atoms with E-state index in [-0.39, 0.29) is 17.1 Å². The van der Waals surface area contributed by atoms with Gasteiger partial charge in [-0.05, 0) is 32.2 Å². The van der Waals surface area contributed by atoms with E-state index in [1.807, 2.05) is 6.92 Å². The van der Waals surface area contributed by atoms with Gasteiger partial charge in [0, 0.05) is 6.54 Å². The van der Waals surface area contributed by atoms with Gasteiger partial charge in [-0.25, -0.2) is 13.1 Å². The highest BCUT2D eigenvalue weighted by Gasteiger charge is 2.16. The Morgan fingerprint density at radius 2 is 2.05 bits per heavy atom. The van der Waals surface area contributed by atoms with Crippen molar-refractivity contribution >= 4 is 27.3 Å². The average Bonchev–Trinajstić information content (AvgIpc) is 2.36. The molecule has 1 aromatic rings. The van der Waals surface area contributed by atoms with Crippen molar-refractivity contribution in [3.05, 3.63) is 18.2 Å².